The topological polar surface area (TPSA) is 39.7 Å². The molecule has 0 saturated heterocycles. The first-order valence-electron chi connectivity index (χ1n) is 4.54. The zero-order valence-corrected chi connectivity index (χ0v) is 8.24. The van der Waals surface area contributed by atoms with Crippen molar-refractivity contribution < 1.29 is 4.39 Å². The van der Waals surface area contributed by atoms with Crippen LogP contribution < -0.4 is 10.9 Å². The maximum Gasteiger partial charge on any atom is 0.210 e. The Balaban J connectivity index is 2.07. The zero-order chi connectivity index (χ0) is 10.7. The first-order chi connectivity index (χ1) is 7.25. The maximum absolute atomic E-state index is 12.8. The molecule has 1 aliphatic rings. The number of aryl methyl sites for hydroxylation is 1. The van der Waals surface area contributed by atoms with Crippen LogP contribution in [-0.4, -0.2) is 11.4 Å². The SMILES string of the molecule is Cc1ccccc1NN1N=CC=C(F)N1. The van der Waals surface area contributed by atoms with E-state index in [1.54, 1.807) is 0 Å². The number of hydrazone groups is 1. The molecule has 1 aliphatic heterocycles. The number of hydrazine groups is 2. The average Bonchev–Trinajstić information content (AvgIpc) is 2.22. The molecule has 1 aromatic carbocycles. The summed E-state index contributed by atoms with van der Waals surface area (Å²) in [5, 5.41) is 5.11. The third-order valence-corrected chi connectivity index (χ3v) is 1.99. The lowest BCUT2D eigenvalue weighted by atomic mass is 10.2. The van der Waals surface area contributed by atoms with Gasteiger partial charge in [-0.1, -0.05) is 18.2 Å². The highest BCUT2D eigenvalue weighted by atomic mass is 19.1. The second-order valence-corrected chi connectivity index (χ2v) is 3.13. The van der Waals surface area contributed by atoms with Crippen molar-refractivity contribution >= 4 is 11.9 Å². The molecule has 0 aromatic heterocycles. The number of hydrogen-bond donors (Lipinski definition) is 2. The second-order valence-electron chi connectivity index (χ2n) is 3.13. The van der Waals surface area contributed by atoms with Crippen molar-refractivity contribution in [2.75, 3.05) is 5.43 Å². The summed E-state index contributed by atoms with van der Waals surface area (Å²) in [6.07, 6.45) is 2.62. The van der Waals surface area contributed by atoms with E-state index in [9.17, 15) is 4.39 Å². The fraction of sp³-hybridized carbons (Fsp3) is 0.100. The lowest BCUT2D eigenvalue weighted by Gasteiger charge is -2.23. The first-order valence-corrected chi connectivity index (χ1v) is 4.54. The Kier molecular flexibility index (Phi) is 2.53. The Hall–Kier alpha value is -2.04. The number of para-hydroxylation sites is 1. The maximum atomic E-state index is 12.8. The largest absolute Gasteiger partial charge is 0.263 e. The van der Waals surface area contributed by atoms with Gasteiger partial charge in [0, 0.05) is 6.08 Å². The minimum Gasteiger partial charge on any atom is -0.263 e. The van der Waals surface area contributed by atoms with Gasteiger partial charge in [0.15, 0.2) is 0 Å². The summed E-state index contributed by atoms with van der Waals surface area (Å²) in [6, 6.07) is 7.69. The molecule has 0 radical (unpaired) electrons. The highest BCUT2D eigenvalue weighted by Gasteiger charge is 2.06. The molecule has 0 spiro atoms. The molecule has 0 atom stereocenters. The highest BCUT2D eigenvalue weighted by molar-refractivity contribution is 5.72. The van der Waals surface area contributed by atoms with E-state index in [0.29, 0.717) is 0 Å². The number of anilines is 1. The normalized spacial score (nSPS) is 14.5. The van der Waals surface area contributed by atoms with Crippen LogP contribution in [0.4, 0.5) is 10.1 Å². The molecule has 78 valence electrons. The number of benzene rings is 1. The van der Waals surface area contributed by atoms with Crippen molar-refractivity contribution in [3.05, 3.63) is 41.9 Å². The molecule has 2 rings (SSSR count). The third kappa shape index (κ3) is 2.25. The average molecular weight is 206 g/mol. The van der Waals surface area contributed by atoms with Gasteiger partial charge in [-0.2, -0.15) is 4.39 Å². The predicted molar refractivity (Wildman–Crippen MR) is 57.5 cm³/mol. The predicted octanol–water partition coefficient (Wildman–Crippen LogP) is 1.94. The summed E-state index contributed by atoms with van der Waals surface area (Å²) in [6.45, 7) is 1.96. The quantitative estimate of drug-likeness (QED) is 0.726. The number of halogens is 1. The van der Waals surface area contributed by atoms with Crippen LogP contribution >= 0.6 is 0 Å². The molecular formula is C10H11FN4. The Morgan fingerprint density at radius 1 is 1.40 bits per heavy atom. The Morgan fingerprint density at radius 2 is 2.20 bits per heavy atom. The Bertz CT molecular complexity index is 414. The summed E-state index contributed by atoms with van der Waals surface area (Å²) in [7, 11) is 0. The van der Waals surface area contributed by atoms with E-state index in [1.165, 1.54) is 17.5 Å². The van der Waals surface area contributed by atoms with E-state index >= 15 is 0 Å². The molecule has 1 heterocycles. The molecule has 2 N–H and O–H groups in total. The third-order valence-electron chi connectivity index (χ3n) is 1.99. The van der Waals surface area contributed by atoms with Crippen molar-refractivity contribution in [1.82, 2.24) is 10.7 Å². The second kappa shape index (κ2) is 4.00. The molecule has 0 saturated carbocycles. The number of rotatable bonds is 2. The highest BCUT2D eigenvalue weighted by Crippen LogP contribution is 2.14. The molecule has 0 aliphatic carbocycles. The van der Waals surface area contributed by atoms with Crippen molar-refractivity contribution in [3.63, 3.8) is 0 Å². The van der Waals surface area contributed by atoms with Gasteiger partial charge in [0.25, 0.3) is 0 Å². The lowest BCUT2D eigenvalue weighted by Crippen LogP contribution is -2.38. The van der Waals surface area contributed by atoms with Crippen LogP contribution in [0.5, 0.6) is 0 Å². The van der Waals surface area contributed by atoms with Crippen molar-refractivity contribution in [1.29, 1.82) is 0 Å². The van der Waals surface area contributed by atoms with E-state index in [2.05, 4.69) is 16.0 Å². The minimum atomic E-state index is -0.453. The molecule has 0 amide bonds. The van der Waals surface area contributed by atoms with Gasteiger partial charge in [-0.25, -0.2) is 5.43 Å². The fourth-order valence-corrected chi connectivity index (χ4v) is 1.20. The summed E-state index contributed by atoms with van der Waals surface area (Å²) >= 11 is 0. The van der Waals surface area contributed by atoms with E-state index in [1.807, 2.05) is 31.2 Å². The molecular weight excluding hydrogens is 195 g/mol. The van der Waals surface area contributed by atoms with Gasteiger partial charge in [0.05, 0.1) is 11.9 Å². The van der Waals surface area contributed by atoms with Crippen molar-refractivity contribution in [2.24, 2.45) is 5.10 Å². The van der Waals surface area contributed by atoms with Crippen LogP contribution in [0.15, 0.2) is 41.4 Å². The molecule has 4 nitrogen and oxygen atoms in total. The molecule has 1 aromatic rings. The molecule has 15 heavy (non-hydrogen) atoms. The van der Waals surface area contributed by atoms with Crippen LogP contribution in [0.25, 0.3) is 0 Å². The number of allylic oxidation sites excluding steroid dienone is 1. The van der Waals surface area contributed by atoms with Crippen LogP contribution in [0.3, 0.4) is 0 Å². The Labute approximate surface area is 87.0 Å². The number of nitrogens with one attached hydrogen (secondary N) is 2. The van der Waals surface area contributed by atoms with E-state index < -0.39 is 5.95 Å². The Morgan fingerprint density at radius 3 is 2.93 bits per heavy atom. The first kappa shape index (κ1) is 9.51. The fourth-order valence-electron chi connectivity index (χ4n) is 1.20. The van der Waals surface area contributed by atoms with Crippen LogP contribution in [0, 0.1) is 6.92 Å². The zero-order valence-electron chi connectivity index (χ0n) is 8.24. The molecule has 0 unspecified atom stereocenters. The number of hydrogen-bond acceptors (Lipinski definition) is 4. The summed E-state index contributed by atoms with van der Waals surface area (Å²) in [4.78, 5) is 0. The standard InChI is InChI=1S/C10H11FN4/c1-8-4-2-3-5-9(8)13-15-12-7-6-10(11)14-15/h2-7,13-14H,1H3. The summed E-state index contributed by atoms with van der Waals surface area (Å²) in [5.74, 6) is -0.453. The minimum absolute atomic E-state index is 0.453. The van der Waals surface area contributed by atoms with Gasteiger partial charge in [0.1, 0.15) is 0 Å². The van der Waals surface area contributed by atoms with Crippen LogP contribution in [0.2, 0.25) is 0 Å². The van der Waals surface area contributed by atoms with Crippen LogP contribution in [-0.2, 0) is 0 Å². The van der Waals surface area contributed by atoms with Crippen LogP contribution in [0.1, 0.15) is 5.56 Å². The van der Waals surface area contributed by atoms with Crippen molar-refractivity contribution in [3.8, 4) is 0 Å². The van der Waals surface area contributed by atoms with Gasteiger partial charge in [0.2, 0.25) is 5.95 Å². The van der Waals surface area contributed by atoms with Crippen molar-refractivity contribution in [2.45, 2.75) is 6.92 Å². The van der Waals surface area contributed by atoms with Gasteiger partial charge in [-0.05, 0) is 18.6 Å². The molecule has 0 bridgehead atoms. The van der Waals surface area contributed by atoms with Gasteiger partial charge in [-0.3, -0.25) is 5.43 Å². The van der Waals surface area contributed by atoms with E-state index in [0.717, 1.165) is 11.3 Å². The van der Waals surface area contributed by atoms with E-state index in [-0.39, 0.29) is 0 Å². The lowest BCUT2D eigenvalue weighted by molar-refractivity contribution is 0.239. The van der Waals surface area contributed by atoms with Gasteiger partial charge < -0.3 is 0 Å². The molecule has 0 fully saturated rings. The monoisotopic (exact) mass is 206 g/mol. The van der Waals surface area contributed by atoms with E-state index in [4.69, 9.17) is 0 Å². The van der Waals surface area contributed by atoms with Gasteiger partial charge in [-0.15, -0.1) is 10.3 Å². The van der Waals surface area contributed by atoms with Gasteiger partial charge >= 0.3 is 0 Å². The number of nitrogens with zero attached hydrogens (tertiary/aromatic N) is 2. The summed E-state index contributed by atoms with van der Waals surface area (Å²) in [5.41, 5.74) is 7.27. The smallest absolute Gasteiger partial charge is 0.210 e. The molecule has 5 heteroatoms. The summed E-state index contributed by atoms with van der Waals surface area (Å²) < 4.78 is 12.8.